The van der Waals surface area contributed by atoms with Gasteiger partial charge in [-0.25, -0.2) is 0 Å². The van der Waals surface area contributed by atoms with Crippen molar-refractivity contribution in [2.45, 2.75) is 13.1 Å². The third-order valence-electron chi connectivity index (χ3n) is 3.79. The molecular formula is C18H22N6O. The highest BCUT2D eigenvalue weighted by Gasteiger charge is 2.08. The van der Waals surface area contributed by atoms with Crippen molar-refractivity contribution in [3.63, 3.8) is 0 Å². The van der Waals surface area contributed by atoms with E-state index in [4.69, 9.17) is 0 Å². The van der Waals surface area contributed by atoms with Gasteiger partial charge in [0.2, 0.25) is 0 Å². The van der Waals surface area contributed by atoms with E-state index in [1.54, 1.807) is 12.4 Å². The second kappa shape index (κ2) is 7.76. The van der Waals surface area contributed by atoms with E-state index < -0.39 is 0 Å². The molecule has 0 fully saturated rings. The number of hydrogen-bond acceptors (Lipinski definition) is 4. The Morgan fingerprint density at radius 2 is 1.96 bits per heavy atom. The summed E-state index contributed by atoms with van der Waals surface area (Å²) in [7, 11) is 4.03. The van der Waals surface area contributed by atoms with E-state index in [0.717, 1.165) is 18.7 Å². The molecule has 1 amide bonds. The van der Waals surface area contributed by atoms with Gasteiger partial charge in [0, 0.05) is 30.7 Å². The highest BCUT2D eigenvalue weighted by atomic mass is 16.1. The van der Waals surface area contributed by atoms with E-state index in [2.05, 4.69) is 20.4 Å². The molecule has 3 aromatic rings. The van der Waals surface area contributed by atoms with Gasteiger partial charge in [-0.3, -0.25) is 14.2 Å². The van der Waals surface area contributed by atoms with E-state index in [9.17, 15) is 4.79 Å². The van der Waals surface area contributed by atoms with E-state index in [-0.39, 0.29) is 5.91 Å². The van der Waals surface area contributed by atoms with Crippen molar-refractivity contribution in [1.29, 1.82) is 0 Å². The third kappa shape index (κ3) is 4.77. The fraction of sp³-hybridized carbons (Fsp3) is 0.278. The average molecular weight is 338 g/mol. The predicted octanol–water partition coefficient (Wildman–Crippen LogP) is 1.94. The minimum absolute atomic E-state index is 0.141. The number of carbonyl (C=O) groups excluding carboxylic acids is 1. The van der Waals surface area contributed by atoms with Crippen LogP contribution in [0.25, 0.3) is 0 Å². The first kappa shape index (κ1) is 16.9. The quantitative estimate of drug-likeness (QED) is 0.715. The number of anilines is 1. The molecule has 0 aliphatic carbocycles. The molecule has 0 atom stereocenters. The lowest BCUT2D eigenvalue weighted by molar-refractivity contribution is 0.102. The van der Waals surface area contributed by atoms with Gasteiger partial charge in [-0.2, -0.15) is 10.2 Å². The fourth-order valence-corrected chi connectivity index (χ4v) is 2.40. The molecule has 130 valence electrons. The molecule has 0 aliphatic heterocycles. The summed E-state index contributed by atoms with van der Waals surface area (Å²) in [5, 5.41) is 11.3. The van der Waals surface area contributed by atoms with Crippen molar-refractivity contribution in [3.8, 4) is 0 Å². The van der Waals surface area contributed by atoms with E-state index in [1.165, 1.54) is 0 Å². The van der Waals surface area contributed by atoms with E-state index >= 15 is 0 Å². The van der Waals surface area contributed by atoms with Gasteiger partial charge >= 0.3 is 0 Å². The Labute approximate surface area is 146 Å². The minimum Gasteiger partial charge on any atom is -0.319 e. The van der Waals surface area contributed by atoms with Gasteiger partial charge in [-0.15, -0.1) is 0 Å². The predicted molar refractivity (Wildman–Crippen MR) is 96.5 cm³/mol. The van der Waals surface area contributed by atoms with Gasteiger partial charge in [0.05, 0.1) is 25.0 Å². The van der Waals surface area contributed by atoms with Gasteiger partial charge in [0.25, 0.3) is 5.91 Å². The molecule has 25 heavy (non-hydrogen) atoms. The summed E-state index contributed by atoms with van der Waals surface area (Å²) in [4.78, 5) is 14.4. The average Bonchev–Trinajstić information content (AvgIpc) is 3.25. The Kier molecular flexibility index (Phi) is 5.25. The van der Waals surface area contributed by atoms with Crippen LogP contribution in [0.15, 0.2) is 55.1 Å². The highest BCUT2D eigenvalue weighted by Crippen LogP contribution is 2.10. The van der Waals surface area contributed by atoms with Gasteiger partial charge < -0.3 is 10.2 Å². The molecule has 1 N–H and O–H groups in total. The summed E-state index contributed by atoms with van der Waals surface area (Å²) in [6.45, 7) is 2.37. The topological polar surface area (TPSA) is 68.0 Å². The number of likely N-dealkylation sites (N-methyl/N-ethyl adjacent to an activating group) is 1. The normalized spacial score (nSPS) is 11.0. The number of nitrogens with zero attached hydrogens (tertiary/aromatic N) is 5. The molecule has 3 rings (SSSR count). The minimum atomic E-state index is -0.141. The number of rotatable bonds is 7. The molecule has 0 radical (unpaired) electrons. The summed E-state index contributed by atoms with van der Waals surface area (Å²) in [5.41, 5.74) is 2.41. The van der Waals surface area contributed by atoms with Crippen molar-refractivity contribution in [3.05, 3.63) is 66.2 Å². The molecule has 0 bridgehead atoms. The molecular weight excluding hydrogens is 316 g/mol. The molecule has 0 saturated heterocycles. The van der Waals surface area contributed by atoms with E-state index in [1.807, 2.05) is 66.2 Å². The lowest BCUT2D eigenvalue weighted by atomic mass is 10.1. The Morgan fingerprint density at radius 1 is 1.16 bits per heavy atom. The number of nitrogens with one attached hydrogen (secondary N) is 1. The summed E-state index contributed by atoms with van der Waals surface area (Å²) in [6.07, 6.45) is 7.17. The first-order chi connectivity index (χ1) is 12.1. The molecule has 7 nitrogen and oxygen atoms in total. The lowest BCUT2D eigenvalue weighted by Gasteiger charge is -2.08. The second-order valence-electron chi connectivity index (χ2n) is 6.15. The van der Waals surface area contributed by atoms with Gasteiger partial charge in [-0.05, 0) is 37.9 Å². The Balaban J connectivity index is 1.57. The molecule has 2 aromatic heterocycles. The summed E-state index contributed by atoms with van der Waals surface area (Å²) in [5.74, 6) is -0.141. The highest BCUT2D eigenvalue weighted by molar-refractivity contribution is 6.04. The maximum absolute atomic E-state index is 12.3. The molecule has 1 aromatic carbocycles. The smallest absolute Gasteiger partial charge is 0.255 e. The van der Waals surface area contributed by atoms with Crippen molar-refractivity contribution >= 4 is 11.6 Å². The number of hydrogen-bond donors (Lipinski definition) is 1. The van der Waals surface area contributed by atoms with Crippen LogP contribution in [-0.4, -0.2) is 51.0 Å². The van der Waals surface area contributed by atoms with Gasteiger partial charge in [-0.1, -0.05) is 12.1 Å². The summed E-state index contributed by atoms with van der Waals surface area (Å²) in [6, 6.07) is 9.42. The van der Waals surface area contributed by atoms with Crippen molar-refractivity contribution in [2.24, 2.45) is 0 Å². The van der Waals surface area contributed by atoms with Crippen LogP contribution in [0, 0.1) is 0 Å². The van der Waals surface area contributed by atoms with Crippen LogP contribution in [0.3, 0.4) is 0 Å². The number of amides is 1. The number of benzene rings is 1. The number of aromatic nitrogens is 4. The molecule has 2 heterocycles. The van der Waals surface area contributed by atoms with Crippen LogP contribution in [0.5, 0.6) is 0 Å². The zero-order chi connectivity index (χ0) is 17.6. The van der Waals surface area contributed by atoms with Crippen LogP contribution < -0.4 is 5.32 Å². The molecule has 0 saturated carbocycles. The van der Waals surface area contributed by atoms with Crippen molar-refractivity contribution in [1.82, 2.24) is 24.5 Å². The van der Waals surface area contributed by atoms with Crippen LogP contribution in [0.4, 0.5) is 5.69 Å². The lowest BCUT2D eigenvalue weighted by Crippen LogP contribution is -2.18. The zero-order valence-electron chi connectivity index (χ0n) is 14.5. The standard InChI is InChI=1S/C18H22N6O/c1-22(2)10-11-24-14-17(12-20-24)21-18(25)16-6-4-15(5-7-16)13-23-9-3-8-19-23/h3-9,12,14H,10-11,13H2,1-2H3,(H,21,25). The first-order valence-electron chi connectivity index (χ1n) is 8.15. The van der Waals surface area contributed by atoms with Crippen molar-refractivity contribution in [2.75, 3.05) is 26.0 Å². The van der Waals surface area contributed by atoms with E-state index in [0.29, 0.717) is 17.8 Å². The Hall–Kier alpha value is -2.93. The maximum atomic E-state index is 12.3. The molecule has 0 spiro atoms. The molecule has 7 heteroatoms. The first-order valence-corrected chi connectivity index (χ1v) is 8.15. The van der Waals surface area contributed by atoms with Gasteiger partial charge in [0.15, 0.2) is 0 Å². The Bertz CT molecular complexity index is 804. The Morgan fingerprint density at radius 3 is 2.64 bits per heavy atom. The summed E-state index contributed by atoms with van der Waals surface area (Å²) >= 11 is 0. The third-order valence-corrected chi connectivity index (χ3v) is 3.79. The SMILES string of the molecule is CN(C)CCn1cc(NC(=O)c2ccc(Cn3cccn3)cc2)cn1. The monoisotopic (exact) mass is 338 g/mol. The maximum Gasteiger partial charge on any atom is 0.255 e. The zero-order valence-corrected chi connectivity index (χ0v) is 14.5. The summed E-state index contributed by atoms with van der Waals surface area (Å²) < 4.78 is 3.67. The van der Waals surface area contributed by atoms with Crippen LogP contribution in [0.1, 0.15) is 15.9 Å². The largest absolute Gasteiger partial charge is 0.319 e. The van der Waals surface area contributed by atoms with Crippen LogP contribution in [0.2, 0.25) is 0 Å². The fourth-order valence-electron chi connectivity index (χ4n) is 2.40. The van der Waals surface area contributed by atoms with Crippen molar-refractivity contribution < 1.29 is 4.79 Å². The second-order valence-corrected chi connectivity index (χ2v) is 6.15. The van der Waals surface area contributed by atoms with Crippen LogP contribution in [-0.2, 0) is 13.1 Å². The molecule has 0 aliphatic rings. The number of carbonyl (C=O) groups is 1. The van der Waals surface area contributed by atoms with Gasteiger partial charge in [0.1, 0.15) is 0 Å². The molecule has 0 unspecified atom stereocenters. The van der Waals surface area contributed by atoms with Crippen LogP contribution >= 0.6 is 0 Å².